The third-order valence-corrected chi connectivity index (χ3v) is 3.34. The van der Waals surface area contributed by atoms with Gasteiger partial charge in [-0.1, -0.05) is 12.1 Å². The second-order valence-electron chi connectivity index (χ2n) is 4.63. The van der Waals surface area contributed by atoms with E-state index in [1.54, 1.807) is 36.0 Å². The van der Waals surface area contributed by atoms with Crippen LogP contribution in [0.1, 0.15) is 18.0 Å². The third-order valence-electron chi connectivity index (χ3n) is 3.34. The SMILES string of the molecule is CNc1nc2n(n1)C(c1ccc(OC(F)F)cc1)CCN2. The van der Waals surface area contributed by atoms with E-state index in [4.69, 9.17) is 0 Å². The molecular weight excluding hydrogens is 280 g/mol. The predicted octanol–water partition coefficient (Wildman–Crippen LogP) is 2.33. The molecule has 0 aliphatic carbocycles. The number of nitrogens with one attached hydrogen (secondary N) is 2. The normalized spacial score (nSPS) is 17.2. The van der Waals surface area contributed by atoms with Gasteiger partial charge in [-0.2, -0.15) is 13.8 Å². The van der Waals surface area contributed by atoms with E-state index in [0.717, 1.165) is 18.5 Å². The van der Waals surface area contributed by atoms with E-state index in [1.807, 2.05) is 0 Å². The molecule has 0 radical (unpaired) electrons. The van der Waals surface area contributed by atoms with Crippen LogP contribution in [0.15, 0.2) is 24.3 Å². The molecule has 1 unspecified atom stereocenters. The minimum absolute atomic E-state index is 0.0245. The van der Waals surface area contributed by atoms with Crippen molar-refractivity contribution in [2.24, 2.45) is 0 Å². The molecule has 1 aliphatic rings. The number of alkyl halides is 2. The molecule has 2 heterocycles. The van der Waals surface area contributed by atoms with Gasteiger partial charge < -0.3 is 15.4 Å². The van der Waals surface area contributed by atoms with E-state index in [-0.39, 0.29) is 11.8 Å². The van der Waals surface area contributed by atoms with Gasteiger partial charge in [0.05, 0.1) is 6.04 Å². The number of nitrogens with zero attached hydrogens (tertiary/aromatic N) is 3. The summed E-state index contributed by atoms with van der Waals surface area (Å²) < 4.78 is 30.5. The van der Waals surface area contributed by atoms with Crippen molar-refractivity contribution in [1.82, 2.24) is 14.8 Å². The van der Waals surface area contributed by atoms with Crippen LogP contribution in [-0.2, 0) is 0 Å². The molecule has 0 bridgehead atoms. The summed E-state index contributed by atoms with van der Waals surface area (Å²) in [4.78, 5) is 4.31. The van der Waals surface area contributed by atoms with Crippen LogP contribution in [-0.4, -0.2) is 35.0 Å². The summed E-state index contributed by atoms with van der Waals surface area (Å²) in [7, 11) is 1.76. The highest BCUT2D eigenvalue weighted by Gasteiger charge is 2.24. The van der Waals surface area contributed by atoms with E-state index in [0.29, 0.717) is 11.9 Å². The Labute approximate surface area is 120 Å². The van der Waals surface area contributed by atoms with Gasteiger partial charge in [0.15, 0.2) is 0 Å². The van der Waals surface area contributed by atoms with Crippen LogP contribution in [0.3, 0.4) is 0 Å². The quantitative estimate of drug-likeness (QED) is 0.906. The molecule has 1 atom stereocenters. The Morgan fingerprint density at radius 3 is 2.81 bits per heavy atom. The minimum Gasteiger partial charge on any atom is -0.435 e. The lowest BCUT2D eigenvalue weighted by Crippen LogP contribution is -2.24. The topological polar surface area (TPSA) is 64.0 Å². The van der Waals surface area contributed by atoms with Gasteiger partial charge in [-0.25, -0.2) is 4.68 Å². The molecule has 2 aromatic rings. The van der Waals surface area contributed by atoms with Crippen molar-refractivity contribution in [3.05, 3.63) is 29.8 Å². The molecule has 0 amide bonds. The smallest absolute Gasteiger partial charge is 0.387 e. The molecule has 2 N–H and O–H groups in total. The molecule has 0 fully saturated rings. The molecule has 1 aromatic carbocycles. The maximum Gasteiger partial charge on any atom is 0.387 e. The molecule has 6 nitrogen and oxygen atoms in total. The van der Waals surface area contributed by atoms with Gasteiger partial charge in [0, 0.05) is 13.6 Å². The highest BCUT2D eigenvalue weighted by Crippen LogP contribution is 2.30. The van der Waals surface area contributed by atoms with Gasteiger partial charge >= 0.3 is 6.61 Å². The van der Waals surface area contributed by atoms with Crippen molar-refractivity contribution in [1.29, 1.82) is 0 Å². The fourth-order valence-electron chi connectivity index (χ4n) is 2.39. The summed E-state index contributed by atoms with van der Waals surface area (Å²) in [5.74, 6) is 1.39. The van der Waals surface area contributed by atoms with E-state index in [1.165, 1.54) is 0 Å². The van der Waals surface area contributed by atoms with Gasteiger partial charge in [0.2, 0.25) is 11.9 Å². The summed E-state index contributed by atoms with van der Waals surface area (Å²) in [6.45, 7) is -2.03. The Kier molecular flexibility index (Phi) is 3.59. The zero-order valence-electron chi connectivity index (χ0n) is 11.4. The Morgan fingerprint density at radius 1 is 1.38 bits per heavy atom. The maximum absolute atomic E-state index is 12.2. The molecule has 3 rings (SSSR count). The van der Waals surface area contributed by atoms with Gasteiger partial charge in [-0.15, -0.1) is 5.10 Å². The van der Waals surface area contributed by atoms with E-state index in [2.05, 4.69) is 25.5 Å². The first kappa shape index (κ1) is 13.6. The van der Waals surface area contributed by atoms with Crippen LogP contribution >= 0.6 is 0 Å². The zero-order valence-corrected chi connectivity index (χ0v) is 11.4. The lowest BCUT2D eigenvalue weighted by molar-refractivity contribution is -0.0498. The molecule has 1 aliphatic heterocycles. The van der Waals surface area contributed by atoms with E-state index < -0.39 is 6.61 Å². The van der Waals surface area contributed by atoms with Crippen molar-refractivity contribution in [2.45, 2.75) is 19.1 Å². The average Bonchev–Trinajstić information content (AvgIpc) is 2.90. The van der Waals surface area contributed by atoms with Crippen LogP contribution in [0, 0.1) is 0 Å². The second kappa shape index (κ2) is 5.55. The van der Waals surface area contributed by atoms with E-state index >= 15 is 0 Å². The number of benzene rings is 1. The number of rotatable bonds is 4. The minimum atomic E-state index is -2.81. The third kappa shape index (κ3) is 2.74. The summed E-state index contributed by atoms with van der Waals surface area (Å²) >= 11 is 0. The molecule has 8 heteroatoms. The Bertz CT molecular complexity index is 614. The Morgan fingerprint density at radius 2 is 2.14 bits per heavy atom. The molecule has 21 heavy (non-hydrogen) atoms. The number of hydrogen-bond acceptors (Lipinski definition) is 5. The number of ether oxygens (including phenoxy) is 1. The molecule has 112 valence electrons. The van der Waals surface area contributed by atoms with Crippen molar-refractivity contribution >= 4 is 11.9 Å². The number of halogens is 2. The van der Waals surface area contributed by atoms with Crippen molar-refractivity contribution in [3.8, 4) is 5.75 Å². The summed E-state index contributed by atoms with van der Waals surface area (Å²) in [5.41, 5.74) is 0.979. The Balaban J connectivity index is 1.86. The maximum atomic E-state index is 12.2. The van der Waals surface area contributed by atoms with Crippen molar-refractivity contribution < 1.29 is 13.5 Å². The van der Waals surface area contributed by atoms with Crippen LogP contribution in [0.2, 0.25) is 0 Å². The Hall–Kier alpha value is -2.38. The van der Waals surface area contributed by atoms with Crippen LogP contribution in [0.5, 0.6) is 5.75 Å². The first-order chi connectivity index (χ1) is 10.2. The van der Waals surface area contributed by atoms with E-state index in [9.17, 15) is 8.78 Å². The van der Waals surface area contributed by atoms with Crippen LogP contribution in [0.25, 0.3) is 0 Å². The van der Waals surface area contributed by atoms with Gasteiger partial charge in [0.25, 0.3) is 0 Å². The fourth-order valence-corrected chi connectivity index (χ4v) is 2.39. The highest BCUT2D eigenvalue weighted by atomic mass is 19.3. The fraction of sp³-hybridized carbons (Fsp3) is 0.385. The van der Waals surface area contributed by atoms with Gasteiger partial charge in [0.1, 0.15) is 5.75 Å². The van der Waals surface area contributed by atoms with Crippen LogP contribution < -0.4 is 15.4 Å². The number of fused-ring (bicyclic) bond motifs is 1. The lowest BCUT2D eigenvalue weighted by atomic mass is 10.0. The predicted molar refractivity (Wildman–Crippen MR) is 73.9 cm³/mol. The monoisotopic (exact) mass is 295 g/mol. The first-order valence-electron chi connectivity index (χ1n) is 6.60. The van der Waals surface area contributed by atoms with Crippen molar-refractivity contribution in [3.63, 3.8) is 0 Å². The first-order valence-corrected chi connectivity index (χ1v) is 6.60. The van der Waals surface area contributed by atoms with Crippen molar-refractivity contribution in [2.75, 3.05) is 24.2 Å². The van der Waals surface area contributed by atoms with Gasteiger partial charge in [-0.3, -0.25) is 0 Å². The van der Waals surface area contributed by atoms with Gasteiger partial charge in [-0.05, 0) is 24.1 Å². The summed E-state index contributed by atoms with van der Waals surface area (Å²) in [6.07, 6.45) is 0.842. The standard InChI is InChI=1S/C13H15F2N5O/c1-16-12-18-13-17-7-6-10(20(13)19-12)8-2-4-9(5-3-8)21-11(14)15/h2-5,10-11H,6-7H2,1H3,(H2,16,17,18,19). The number of anilines is 2. The molecule has 0 saturated carbocycles. The highest BCUT2D eigenvalue weighted by molar-refractivity contribution is 5.39. The molecular formula is C13H15F2N5O. The largest absolute Gasteiger partial charge is 0.435 e. The number of hydrogen-bond donors (Lipinski definition) is 2. The van der Waals surface area contributed by atoms with Crippen LogP contribution in [0.4, 0.5) is 20.7 Å². The zero-order chi connectivity index (χ0) is 14.8. The second-order valence-corrected chi connectivity index (χ2v) is 4.63. The molecule has 0 saturated heterocycles. The summed E-state index contributed by atoms with van der Waals surface area (Å²) in [5, 5.41) is 10.5. The average molecular weight is 295 g/mol. The molecule has 1 aromatic heterocycles. The molecule has 0 spiro atoms. The summed E-state index contributed by atoms with van der Waals surface area (Å²) in [6, 6.07) is 6.66. The number of aromatic nitrogens is 3. The lowest BCUT2D eigenvalue weighted by Gasteiger charge is -2.24.